The number of unbranched alkanes of at least 4 members (excludes halogenated alkanes) is 2. The fraction of sp³-hybridized carbons (Fsp3) is 0.300. The van der Waals surface area contributed by atoms with E-state index in [9.17, 15) is 13.2 Å². The Morgan fingerprint density at radius 1 is 1.04 bits per heavy atom. The lowest BCUT2D eigenvalue weighted by atomic mass is 10.2. The zero-order valence-electron chi connectivity index (χ0n) is 15.9. The third-order valence-corrected chi connectivity index (χ3v) is 5.23. The Morgan fingerprint density at radius 3 is 2.25 bits per heavy atom. The van der Waals surface area contributed by atoms with E-state index in [0.29, 0.717) is 17.9 Å². The fourth-order valence-corrected chi connectivity index (χ4v) is 3.21. The first kappa shape index (κ1) is 21.8. The third kappa shape index (κ3) is 6.94. The Bertz CT molecular complexity index is 908. The van der Waals surface area contributed by atoms with Gasteiger partial charge in [0.2, 0.25) is 0 Å². The fourth-order valence-electron chi connectivity index (χ4n) is 2.37. The number of sulfone groups is 1. The number of carbonyl (C=O) groups is 1. The lowest BCUT2D eigenvalue weighted by Crippen LogP contribution is -2.34. The molecule has 0 spiro atoms. The summed E-state index contributed by atoms with van der Waals surface area (Å²) < 4.78 is 28.6. The van der Waals surface area contributed by atoms with Crippen molar-refractivity contribution >= 4 is 38.8 Å². The summed E-state index contributed by atoms with van der Waals surface area (Å²) in [6, 6.07) is 13.0. The van der Waals surface area contributed by atoms with Crippen molar-refractivity contribution in [1.29, 1.82) is 0 Å². The van der Waals surface area contributed by atoms with E-state index in [1.807, 2.05) is 0 Å². The average Bonchev–Trinajstić information content (AvgIpc) is 2.65. The monoisotopic (exact) mass is 420 g/mol. The molecule has 0 saturated heterocycles. The Morgan fingerprint density at radius 2 is 1.68 bits per heavy atom. The van der Waals surface area contributed by atoms with Gasteiger partial charge in [0.25, 0.3) is 5.91 Å². The molecule has 0 fully saturated rings. The summed E-state index contributed by atoms with van der Waals surface area (Å²) in [6.45, 7) is 2.79. The van der Waals surface area contributed by atoms with Crippen molar-refractivity contribution in [3.05, 3.63) is 54.1 Å². The zero-order valence-corrected chi connectivity index (χ0v) is 17.5. The molecule has 0 atom stereocenters. The molecule has 0 radical (unpaired) electrons. The average molecular weight is 421 g/mol. The highest BCUT2D eigenvalue weighted by molar-refractivity contribution is 7.90. The smallest absolute Gasteiger partial charge is 0.257 e. The Kier molecular flexibility index (Phi) is 7.95. The van der Waals surface area contributed by atoms with Crippen LogP contribution >= 0.6 is 12.2 Å². The summed E-state index contributed by atoms with van der Waals surface area (Å²) in [4.78, 5) is 12.5. The summed E-state index contributed by atoms with van der Waals surface area (Å²) in [6.07, 6.45) is 4.41. The van der Waals surface area contributed by atoms with Gasteiger partial charge in [0.05, 0.1) is 11.5 Å². The first-order valence-corrected chi connectivity index (χ1v) is 11.2. The van der Waals surface area contributed by atoms with Crippen LogP contribution in [-0.2, 0) is 9.84 Å². The highest BCUT2D eigenvalue weighted by Crippen LogP contribution is 2.15. The van der Waals surface area contributed by atoms with Crippen molar-refractivity contribution in [2.24, 2.45) is 0 Å². The topological polar surface area (TPSA) is 84.5 Å². The van der Waals surface area contributed by atoms with Crippen LogP contribution in [0.25, 0.3) is 0 Å². The second-order valence-corrected chi connectivity index (χ2v) is 8.71. The van der Waals surface area contributed by atoms with Crippen LogP contribution in [0.1, 0.15) is 36.5 Å². The minimum atomic E-state index is -3.26. The molecule has 1 amide bonds. The van der Waals surface area contributed by atoms with E-state index >= 15 is 0 Å². The molecule has 2 aromatic rings. The minimum Gasteiger partial charge on any atom is -0.494 e. The number of thiocarbonyl (C=S) groups is 1. The lowest BCUT2D eigenvalue weighted by molar-refractivity contribution is 0.0977. The summed E-state index contributed by atoms with van der Waals surface area (Å²) in [5.74, 6) is 0.377. The first-order chi connectivity index (χ1) is 13.3. The molecule has 150 valence electrons. The maximum absolute atomic E-state index is 12.3. The number of hydrogen-bond acceptors (Lipinski definition) is 5. The van der Waals surface area contributed by atoms with Gasteiger partial charge in [0, 0.05) is 17.5 Å². The highest BCUT2D eigenvalue weighted by atomic mass is 32.2. The maximum atomic E-state index is 12.3. The number of nitrogens with one attached hydrogen (secondary N) is 2. The van der Waals surface area contributed by atoms with Crippen LogP contribution in [0.4, 0.5) is 5.69 Å². The first-order valence-electron chi connectivity index (χ1n) is 8.95. The van der Waals surface area contributed by atoms with E-state index in [1.165, 1.54) is 12.1 Å². The summed E-state index contributed by atoms with van der Waals surface area (Å²) in [5, 5.41) is 5.57. The number of benzene rings is 2. The van der Waals surface area contributed by atoms with Crippen LogP contribution in [0, 0.1) is 0 Å². The normalized spacial score (nSPS) is 10.9. The third-order valence-electron chi connectivity index (χ3n) is 3.90. The van der Waals surface area contributed by atoms with Crippen molar-refractivity contribution in [3.63, 3.8) is 0 Å². The van der Waals surface area contributed by atoms with Gasteiger partial charge in [-0.2, -0.15) is 0 Å². The Labute approximate surface area is 171 Å². The largest absolute Gasteiger partial charge is 0.494 e. The molecule has 0 unspecified atom stereocenters. The van der Waals surface area contributed by atoms with Crippen molar-refractivity contribution < 1.29 is 17.9 Å². The number of anilines is 1. The van der Waals surface area contributed by atoms with Crippen LogP contribution in [0.5, 0.6) is 5.75 Å². The van der Waals surface area contributed by atoms with E-state index in [2.05, 4.69) is 17.6 Å². The van der Waals surface area contributed by atoms with Crippen molar-refractivity contribution in [1.82, 2.24) is 5.32 Å². The van der Waals surface area contributed by atoms with E-state index in [0.717, 1.165) is 31.3 Å². The zero-order chi connectivity index (χ0) is 20.6. The molecule has 2 rings (SSSR count). The maximum Gasteiger partial charge on any atom is 0.257 e. The van der Waals surface area contributed by atoms with Gasteiger partial charge in [-0.1, -0.05) is 19.8 Å². The molecule has 0 saturated carbocycles. The van der Waals surface area contributed by atoms with E-state index in [4.69, 9.17) is 17.0 Å². The number of ether oxygens (including phenoxy) is 1. The summed E-state index contributed by atoms with van der Waals surface area (Å²) in [5.41, 5.74) is 1.03. The van der Waals surface area contributed by atoms with Crippen molar-refractivity contribution in [2.45, 2.75) is 31.1 Å². The van der Waals surface area contributed by atoms with E-state index < -0.39 is 9.84 Å². The number of hydrogen-bond donors (Lipinski definition) is 2. The molecule has 0 aliphatic rings. The van der Waals surface area contributed by atoms with Gasteiger partial charge in [0.1, 0.15) is 5.75 Å². The number of amides is 1. The van der Waals surface area contributed by atoms with Gasteiger partial charge < -0.3 is 10.1 Å². The molecular formula is C20H24N2O4S2. The van der Waals surface area contributed by atoms with E-state index in [-0.39, 0.29) is 15.9 Å². The molecule has 0 bridgehead atoms. The number of rotatable bonds is 8. The molecule has 0 aromatic heterocycles. The minimum absolute atomic E-state index is 0.122. The molecule has 0 heterocycles. The Balaban J connectivity index is 1.87. The molecule has 28 heavy (non-hydrogen) atoms. The van der Waals surface area contributed by atoms with E-state index in [1.54, 1.807) is 36.4 Å². The molecule has 8 heteroatoms. The van der Waals surface area contributed by atoms with Gasteiger partial charge in [0.15, 0.2) is 14.9 Å². The van der Waals surface area contributed by atoms with Crippen LogP contribution in [0.3, 0.4) is 0 Å². The summed E-state index contributed by atoms with van der Waals surface area (Å²) in [7, 11) is -3.26. The number of carbonyl (C=O) groups excluding carboxylic acids is 1. The quantitative estimate of drug-likeness (QED) is 0.499. The second kappa shape index (κ2) is 10.2. The van der Waals surface area contributed by atoms with Gasteiger partial charge >= 0.3 is 0 Å². The summed E-state index contributed by atoms with van der Waals surface area (Å²) >= 11 is 5.14. The standard InChI is InChI=1S/C20H24N2O4S2/c1-3-4-5-14-26-17-10-6-15(7-11-17)19(23)22-20(27)21-16-8-12-18(13-9-16)28(2,24)25/h6-13H,3-5,14H2,1-2H3,(H2,21,22,23,27). The Hall–Kier alpha value is -2.45. The van der Waals surface area contributed by atoms with Crippen molar-refractivity contribution in [3.8, 4) is 5.75 Å². The lowest BCUT2D eigenvalue weighted by Gasteiger charge is -2.11. The van der Waals surface area contributed by atoms with Gasteiger partial charge in [-0.25, -0.2) is 8.42 Å². The predicted octanol–water partition coefficient (Wildman–Crippen LogP) is 3.79. The van der Waals surface area contributed by atoms with Crippen molar-refractivity contribution in [2.75, 3.05) is 18.2 Å². The van der Waals surface area contributed by atoms with Gasteiger partial charge in [-0.15, -0.1) is 0 Å². The highest BCUT2D eigenvalue weighted by Gasteiger charge is 2.10. The molecule has 2 aromatic carbocycles. The second-order valence-electron chi connectivity index (χ2n) is 6.28. The van der Waals surface area contributed by atoms with Gasteiger partial charge in [-0.3, -0.25) is 10.1 Å². The predicted molar refractivity (Wildman–Crippen MR) is 115 cm³/mol. The van der Waals surface area contributed by atoms with Crippen LogP contribution < -0.4 is 15.4 Å². The van der Waals surface area contributed by atoms with Crippen LogP contribution in [0.15, 0.2) is 53.4 Å². The molecule has 0 aliphatic heterocycles. The van der Waals surface area contributed by atoms with Gasteiger partial charge in [-0.05, 0) is 67.2 Å². The molecular weight excluding hydrogens is 396 g/mol. The van der Waals surface area contributed by atoms with Crippen LogP contribution in [0.2, 0.25) is 0 Å². The molecule has 0 aliphatic carbocycles. The molecule has 2 N–H and O–H groups in total. The SMILES string of the molecule is CCCCCOc1ccc(C(=O)NC(=S)Nc2ccc(S(C)(=O)=O)cc2)cc1. The molecule has 6 nitrogen and oxygen atoms in total. The van der Waals surface area contributed by atoms with Crippen LogP contribution in [-0.4, -0.2) is 32.3 Å².